The van der Waals surface area contributed by atoms with E-state index in [2.05, 4.69) is 10.9 Å². The van der Waals surface area contributed by atoms with E-state index in [0.29, 0.717) is 5.92 Å². The molecule has 0 amide bonds. The summed E-state index contributed by atoms with van der Waals surface area (Å²) in [5, 5.41) is 0. The maximum atomic E-state index is 10.4. The lowest BCUT2D eigenvalue weighted by atomic mass is 9.95. The summed E-state index contributed by atoms with van der Waals surface area (Å²) in [6.45, 7) is 0.967. The van der Waals surface area contributed by atoms with E-state index in [0.717, 1.165) is 30.5 Å². The van der Waals surface area contributed by atoms with Gasteiger partial charge in [0.2, 0.25) is 0 Å². The van der Waals surface area contributed by atoms with E-state index in [1.54, 1.807) is 0 Å². The van der Waals surface area contributed by atoms with Gasteiger partial charge >= 0.3 is 0 Å². The SMILES string of the molecule is O=CC1=CCC2CNNC2=C1. The van der Waals surface area contributed by atoms with Crippen molar-refractivity contribution >= 4 is 6.29 Å². The van der Waals surface area contributed by atoms with E-state index in [1.807, 2.05) is 12.2 Å². The molecule has 1 atom stereocenters. The minimum Gasteiger partial charge on any atom is -0.325 e. The predicted octanol–water partition coefficient (Wildman–Crippen LogP) is 0.123. The molecule has 58 valence electrons. The van der Waals surface area contributed by atoms with Crippen molar-refractivity contribution in [1.29, 1.82) is 0 Å². The minimum absolute atomic E-state index is 0.554. The van der Waals surface area contributed by atoms with Crippen LogP contribution in [0, 0.1) is 5.92 Å². The Balaban J connectivity index is 2.23. The lowest BCUT2D eigenvalue weighted by molar-refractivity contribution is -0.104. The average Bonchev–Trinajstić information content (AvgIpc) is 2.50. The van der Waals surface area contributed by atoms with Gasteiger partial charge in [0.15, 0.2) is 0 Å². The lowest BCUT2D eigenvalue weighted by Gasteiger charge is -2.11. The Kier molecular flexibility index (Phi) is 1.51. The molecule has 2 aliphatic rings. The van der Waals surface area contributed by atoms with Gasteiger partial charge in [-0.25, -0.2) is 5.43 Å². The zero-order chi connectivity index (χ0) is 7.68. The van der Waals surface area contributed by atoms with Crippen LogP contribution in [0.15, 0.2) is 23.4 Å². The Morgan fingerprint density at radius 2 is 2.55 bits per heavy atom. The summed E-state index contributed by atoms with van der Waals surface area (Å²) in [6.07, 6.45) is 5.75. The van der Waals surface area contributed by atoms with Crippen LogP contribution in [0.25, 0.3) is 0 Å². The fourth-order valence-electron chi connectivity index (χ4n) is 1.45. The van der Waals surface area contributed by atoms with Crippen LogP contribution in [0.1, 0.15) is 6.42 Å². The molecule has 0 aromatic carbocycles. The molecular formula is C8H10N2O. The second-order valence-corrected chi connectivity index (χ2v) is 2.86. The van der Waals surface area contributed by atoms with E-state index in [-0.39, 0.29) is 0 Å². The molecule has 0 radical (unpaired) electrons. The third-order valence-corrected chi connectivity index (χ3v) is 2.12. The van der Waals surface area contributed by atoms with Crippen LogP contribution < -0.4 is 10.9 Å². The number of nitrogens with one attached hydrogen (secondary N) is 2. The summed E-state index contributed by atoms with van der Waals surface area (Å²) in [6, 6.07) is 0. The third kappa shape index (κ3) is 1.07. The van der Waals surface area contributed by atoms with Crippen LogP contribution in [-0.4, -0.2) is 12.8 Å². The second kappa shape index (κ2) is 2.51. The fraction of sp³-hybridized carbons (Fsp3) is 0.375. The van der Waals surface area contributed by atoms with E-state index >= 15 is 0 Å². The molecule has 11 heavy (non-hydrogen) atoms. The van der Waals surface area contributed by atoms with Crippen molar-refractivity contribution in [1.82, 2.24) is 10.9 Å². The molecule has 3 heteroatoms. The van der Waals surface area contributed by atoms with Crippen molar-refractivity contribution in [2.45, 2.75) is 6.42 Å². The number of carbonyl (C=O) groups is 1. The van der Waals surface area contributed by atoms with Crippen molar-refractivity contribution in [3.05, 3.63) is 23.4 Å². The zero-order valence-electron chi connectivity index (χ0n) is 6.13. The topological polar surface area (TPSA) is 41.1 Å². The molecule has 1 fully saturated rings. The smallest absolute Gasteiger partial charge is 0.149 e. The zero-order valence-corrected chi connectivity index (χ0v) is 6.13. The van der Waals surface area contributed by atoms with Crippen molar-refractivity contribution in [2.24, 2.45) is 5.92 Å². The van der Waals surface area contributed by atoms with E-state index in [1.165, 1.54) is 0 Å². The van der Waals surface area contributed by atoms with Gasteiger partial charge in [0.1, 0.15) is 6.29 Å². The van der Waals surface area contributed by atoms with Gasteiger partial charge in [0, 0.05) is 23.7 Å². The molecule has 1 heterocycles. The Morgan fingerprint density at radius 3 is 3.36 bits per heavy atom. The van der Waals surface area contributed by atoms with Crippen LogP contribution in [0.2, 0.25) is 0 Å². The van der Waals surface area contributed by atoms with Crippen molar-refractivity contribution < 1.29 is 4.79 Å². The van der Waals surface area contributed by atoms with Crippen molar-refractivity contribution in [3.8, 4) is 0 Å². The molecule has 1 unspecified atom stereocenters. The van der Waals surface area contributed by atoms with Crippen LogP contribution in [-0.2, 0) is 4.79 Å². The summed E-state index contributed by atoms with van der Waals surface area (Å²) in [5.41, 5.74) is 8.01. The monoisotopic (exact) mass is 150 g/mol. The summed E-state index contributed by atoms with van der Waals surface area (Å²) in [7, 11) is 0. The molecule has 0 aromatic rings. The highest BCUT2D eigenvalue weighted by Crippen LogP contribution is 2.22. The number of fused-ring (bicyclic) bond motifs is 1. The summed E-state index contributed by atoms with van der Waals surface area (Å²) in [5.74, 6) is 0.554. The van der Waals surface area contributed by atoms with Gasteiger partial charge in [-0.15, -0.1) is 0 Å². The Labute approximate surface area is 65.1 Å². The first-order chi connectivity index (χ1) is 5.40. The van der Waals surface area contributed by atoms with Gasteiger partial charge in [-0.1, -0.05) is 6.08 Å². The summed E-state index contributed by atoms with van der Waals surface area (Å²) >= 11 is 0. The van der Waals surface area contributed by atoms with Crippen molar-refractivity contribution in [3.63, 3.8) is 0 Å². The quantitative estimate of drug-likeness (QED) is 0.522. The molecule has 0 spiro atoms. The van der Waals surface area contributed by atoms with E-state index in [4.69, 9.17) is 0 Å². The molecule has 0 bridgehead atoms. The lowest BCUT2D eigenvalue weighted by Crippen LogP contribution is -2.20. The highest BCUT2D eigenvalue weighted by molar-refractivity contribution is 5.78. The number of hydrogen-bond acceptors (Lipinski definition) is 3. The molecular weight excluding hydrogens is 140 g/mol. The van der Waals surface area contributed by atoms with Crippen LogP contribution in [0.4, 0.5) is 0 Å². The Bertz CT molecular complexity index is 242. The predicted molar refractivity (Wildman–Crippen MR) is 41.5 cm³/mol. The molecule has 2 rings (SSSR count). The molecule has 1 aliphatic heterocycles. The molecule has 0 aromatic heterocycles. The van der Waals surface area contributed by atoms with Gasteiger partial charge < -0.3 is 5.43 Å². The van der Waals surface area contributed by atoms with Crippen LogP contribution >= 0.6 is 0 Å². The number of carbonyl (C=O) groups excluding carboxylic acids is 1. The van der Waals surface area contributed by atoms with Gasteiger partial charge in [0.05, 0.1) is 0 Å². The number of allylic oxidation sites excluding steroid dienone is 3. The third-order valence-electron chi connectivity index (χ3n) is 2.12. The molecule has 1 aliphatic carbocycles. The fourth-order valence-corrected chi connectivity index (χ4v) is 1.45. The Morgan fingerprint density at radius 1 is 1.64 bits per heavy atom. The first-order valence-electron chi connectivity index (χ1n) is 3.76. The maximum absolute atomic E-state index is 10.4. The standard InChI is InChI=1S/C8H10N2O/c11-5-6-1-2-7-4-9-10-8(7)3-6/h1,3,5,7,9-10H,2,4H2. The summed E-state index contributed by atoms with van der Waals surface area (Å²) < 4.78 is 0. The van der Waals surface area contributed by atoms with Gasteiger partial charge in [0.25, 0.3) is 0 Å². The largest absolute Gasteiger partial charge is 0.325 e. The highest BCUT2D eigenvalue weighted by atomic mass is 16.1. The first-order valence-corrected chi connectivity index (χ1v) is 3.76. The van der Waals surface area contributed by atoms with Crippen LogP contribution in [0.5, 0.6) is 0 Å². The van der Waals surface area contributed by atoms with Crippen LogP contribution in [0.3, 0.4) is 0 Å². The van der Waals surface area contributed by atoms with Gasteiger partial charge in [-0.2, -0.15) is 0 Å². The maximum Gasteiger partial charge on any atom is 0.149 e. The normalized spacial score (nSPS) is 28.2. The van der Waals surface area contributed by atoms with Gasteiger partial charge in [-0.05, 0) is 12.5 Å². The summed E-state index contributed by atoms with van der Waals surface area (Å²) in [4.78, 5) is 10.4. The number of aldehydes is 1. The molecule has 2 N–H and O–H groups in total. The first kappa shape index (κ1) is 6.61. The van der Waals surface area contributed by atoms with Gasteiger partial charge in [-0.3, -0.25) is 4.79 Å². The number of hydrazine groups is 1. The number of hydrogen-bond donors (Lipinski definition) is 2. The minimum atomic E-state index is 0.554. The molecule has 3 nitrogen and oxygen atoms in total. The molecule has 1 saturated heterocycles. The average molecular weight is 150 g/mol. The number of rotatable bonds is 1. The van der Waals surface area contributed by atoms with E-state index in [9.17, 15) is 4.79 Å². The molecule has 0 saturated carbocycles. The second-order valence-electron chi connectivity index (χ2n) is 2.86. The van der Waals surface area contributed by atoms with Crippen molar-refractivity contribution in [2.75, 3.05) is 6.54 Å². The highest BCUT2D eigenvalue weighted by Gasteiger charge is 2.21. The Hall–Kier alpha value is -1.09. The van der Waals surface area contributed by atoms with E-state index < -0.39 is 0 Å².